The van der Waals surface area contributed by atoms with Crippen molar-refractivity contribution in [2.75, 3.05) is 12.8 Å². The fourth-order valence-electron chi connectivity index (χ4n) is 2.47. The first kappa shape index (κ1) is 14.7. The minimum absolute atomic E-state index is 0.0114. The molecule has 2 amide bonds. The molecular formula is C17H16N2O2S. The van der Waals surface area contributed by atoms with E-state index in [-0.39, 0.29) is 17.9 Å². The second-order valence-corrected chi connectivity index (χ2v) is 6.10. The van der Waals surface area contributed by atoms with Crippen molar-refractivity contribution in [3.8, 4) is 0 Å². The molecule has 22 heavy (non-hydrogen) atoms. The molecule has 0 spiro atoms. The van der Waals surface area contributed by atoms with Gasteiger partial charge in [0.15, 0.2) is 0 Å². The molecular weight excluding hydrogens is 296 g/mol. The van der Waals surface area contributed by atoms with E-state index in [0.717, 1.165) is 11.3 Å². The van der Waals surface area contributed by atoms with Crippen LogP contribution >= 0.6 is 11.8 Å². The third-order valence-corrected chi connectivity index (χ3v) is 4.80. The highest BCUT2D eigenvalue weighted by atomic mass is 32.2. The summed E-state index contributed by atoms with van der Waals surface area (Å²) in [4.78, 5) is 25.3. The van der Waals surface area contributed by atoms with Gasteiger partial charge in [-0.25, -0.2) is 0 Å². The quantitative estimate of drug-likeness (QED) is 0.916. The van der Waals surface area contributed by atoms with E-state index in [1.807, 2.05) is 18.2 Å². The Morgan fingerprint density at radius 2 is 1.77 bits per heavy atom. The molecule has 2 N–H and O–H groups in total. The molecule has 0 unspecified atom stereocenters. The van der Waals surface area contributed by atoms with Gasteiger partial charge in [0.1, 0.15) is 0 Å². The summed E-state index contributed by atoms with van der Waals surface area (Å²) < 4.78 is 0. The van der Waals surface area contributed by atoms with Crippen molar-refractivity contribution in [3.63, 3.8) is 0 Å². The number of carbonyl (C=O) groups excluding carboxylic acids is 2. The molecule has 1 aliphatic rings. The van der Waals surface area contributed by atoms with Crippen LogP contribution in [0.15, 0.2) is 53.4 Å². The van der Waals surface area contributed by atoms with Crippen molar-refractivity contribution in [1.29, 1.82) is 0 Å². The van der Waals surface area contributed by atoms with Crippen molar-refractivity contribution in [3.05, 3.63) is 65.2 Å². The van der Waals surface area contributed by atoms with Crippen molar-refractivity contribution >= 4 is 23.6 Å². The van der Waals surface area contributed by atoms with E-state index in [2.05, 4.69) is 16.7 Å². The normalized spacial score (nSPS) is 16.0. The van der Waals surface area contributed by atoms with E-state index < -0.39 is 0 Å². The predicted molar refractivity (Wildman–Crippen MR) is 87.2 cm³/mol. The number of thioether (sulfide) groups is 1. The Balaban J connectivity index is 1.77. The van der Waals surface area contributed by atoms with Crippen LogP contribution in [0.25, 0.3) is 0 Å². The zero-order valence-corrected chi connectivity index (χ0v) is 12.9. The van der Waals surface area contributed by atoms with Gasteiger partial charge in [-0.3, -0.25) is 9.59 Å². The summed E-state index contributed by atoms with van der Waals surface area (Å²) in [7, 11) is 1.57. The van der Waals surface area contributed by atoms with E-state index in [1.165, 1.54) is 4.90 Å². The number of nitrogens with one attached hydrogen (secondary N) is 2. The van der Waals surface area contributed by atoms with Crippen LogP contribution in [0.5, 0.6) is 0 Å². The van der Waals surface area contributed by atoms with Crippen LogP contribution in [0.1, 0.15) is 32.3 Å². The molecule has 1 heterocycles. The van der Waals surface area contributed by atoms with Crippen molar-refractivity contribution in [2.45, 2.75) is 10.9 Å². The first-order chi connectivity index (χ1) is 10.7. The molecule has 4 nitrogen and oxygen atoms in total. The zero-order chi connectivity index (χ0) is 15.5. The molecule has 0 saturated carbocycles. The summed E-state index contributed by atoms with van der Waals surface area (Å²) in [5, 5.41) is 5.60. The Morgan fingerprint density at radius 1 is 1.05 bits per heavy atom. The second-order valence-electron chi connectivity index (χ2n) is 5.03. The number of hydrogen-bond donors (Lipinski definition) is 2. The lowest BCUT2D eigenvalue weighted by atomic mass is 10.1. The van der Waals surface area contributed by atoms with Crippen molar-refractivity contribution in [2.24, 2.45) is 0 Å². The summed E-state index contributed by atoms with van der Waals surface area (Å²) in [6.45, 7) is 0. The highest BCUT2D eigenvalue weighted by Gasteiger charge is 2.24. The van der Waals surface area contributed by atoms with Crippen LogP contribution < -0.4 is 10.6 Å². The molecule has 0 aliphatic carbocycles. The second kappa shape index (κ2) is 6.23. The van der Waals surface area contributed by atoms with Gasteiger partial charge in [0.05, 0.1) is 6.04 Å². The molecule has 5 heteroatoms. The van der Waals surface area contributed by atoms with Crippen molar-refractivity contribution in [1.82, 2.24) is 10.6 Å². The van der Waals surface area contributed by atoms with E-state index >= 15 is 0 Å². The Labute approximate surface area is 133 Å². The average molecular weight is 312 g/mol. The van der Waals surface area contributed by atoms with Crippen LogP contribution in [0.3, 0.4) is 0 Å². The maximum atomic E-state index is 12.4. The topological polar surface area (TPSA) is 58.2 Å². The van der Waals surface area contributed by atoms with Gasteiger partial charge in [0.25, 0.3) is 11.8 Å². The monoisotopic (exact) mass is 312 g/mol. The predicted octanol–water partition coefficient (Wildman–Crippen LogP) is 2.62. The van der Waals surface area contributed by atoms with Gasteiger partial charge < -0.3 is 10.6 Å². The standard InChI is InChI=1S/C17H16N2O2S/c1-18-16(20)11-5-4-6-12(9-11)17(21)19-14-10-22-15-8-3-2-7-13(14)15/h2-9,14H,10H2,1H3,(H,18,20)(H,19,21)/t14-/m1/s1. The zero-order valence-electron chi connectivity index (χ0n) is 12.1. The molecule has 0 radical (unpaired) electrons. The van der Waals surface area contributed by atoms with Gasteiger partial charge in [0, 0.05) is 28.8 Å². The van der Waals surface area contributed by atoms with Crippen LogP contribution in [0, 0.1) is 0 Å². The number of rotatable bonds is 3. The summed E-state index contributed by atoms with van der Waals surface area (Å²) in [5.74, 6) is 0.477. The lowest BCUT2D eigenvalue weighted by Gasteiger charge is -2.13. The van der Waals surface area contributed by atoms with E-state index in [0.29, 0.717) is 11.1 Å². The van der Waals surface area contributed by atoms with Crippen LogP contribution in [0.2, 0.25) is 0 Å². The molecule has 2 aromatic carbocycles. The molecule has 3 rings (SSSR count). The fraction of sp³-hybridized carbons (Fsp3) is 0.176. The molecule has 0 aromatic heterocycles. The number of carbonyl (C=O) groups is 2. The van der Waals surface area contributed by atoms with E-state index in [4.69, 9.17) is 0 Å². The maximum Gasteiger partial charge on any atom is 0.251 e. The minimum atomic E-state index is -0.198. The van der Waals surface area contributed by atoms with Gasteiger partial charge in [-0.05, 0) is 29.8 Å². The minimum Gasteiger partial charge on any atom is -0.355 e. The lowest BCUT2D eigenvalue weighted by molar-refractivity contribution is 0.0940. The van der Waals surface area contributed by atoms with Crippen LogP contribution in [-0.2, 0) is 0 Å². The SMILES string of the molecule is CNC(=O)c1cccc(C(=O)N[C@@H]2CSc3ccccc32)c1. The Bertz CT molecular complexity index is 730. The third kappa shape index (κ3) is 2.85. The molecule has 0 bridgehead atoms. The first-order valence-electron chi connectivity index (χ1n) is 7.04. The van der Waals surface area contributed by atoms with Gasteiger partial charge >= 0.3 is 0 Å². The van der Waals surface area contributed by atoms with Gasteiger partial charge in [-0.1, -0.05) is 24.3 Å². The molecule has 0 saturated heterocycles. The molecule has 2 aromatic rings. The average Bonchev–Trinajstić information content (AvgIpc) is 2.97. The number of hydrogen-bond acceptors (Lipinski definition) is 3. The molecule has 112 valence electrons. The summed E-state index contributed by atoms with van der Waals surface area (Å²) in [6, 6.07) is 14.8. The fourth-order valence-corrected chi connectivity index (χ4v) is 3.63. The largest absolute Gasteiger partial charge is 0.355 e. The lowest BCUT2D eigenvalue weighted by Crippen LogP contribution is -2.29. The van der Waals surface area contributed by atoms with Crippen molar-refractivity contribution < 1.29 is 9.59 Å². The summed E-state index contributed by atoms with van der Waals surface area (Å²) >= 11 is 1.75. The van der Waals surface area contributed by atoms with Crippen LogP contribution in [-0.4, -0.2) is 24.6 Å². The highest BCUT2D eigenvalue weighted by Crippen LogP contribution is 2.37. The smallest absolute Gasteiger partial charge is 0.251 e. The van der Waals surface area contributed by atoms with Gasteiger partial charge in [-0.2, -0.15) is 0 Å². The number of amides is 2. The summed E-state index contributed by atoms with van der Waals surface area (Å²) in [6.07, 6.45) is 0. The Kier molecular flexibility index (Phi) is 4.15. The number of benzene rings is 2. The van der Waals surface area contributed by atoms with E-state index in [9.17, 15) is 9.59 Å². The van der Waals surface area contributed by atoms with Gasteiger partial charge in [0.2, 0.25) is 0 Å². The first-order valence-corrected chi connectivity index (χ1v) is 8.02. The molecule has 1 aliphatic heterocycles. The Hall–Kier alpha value is -2.27. The van der Waals surface area contributed by atoms with Gasteiger partial charge in [-0.15, -0.1) is 11.8 Å². The Morgan fingerprint density at radius 3 is 2.55 bits per heavy atom. The van der Waals surface area contributed by atoms with Crippen LogP contribution in [0.4, 0.5) is 0 Å². The van der Waals surface area contributed by atoms with E-state index in [1.54, 1.807) is 43.1 Å². The highest BCUT2D eigenvalue weighted by molar-refractivity contribution is 7.99. The third-order valence-electron chi connectivity index (χ3n) is 3.62. The number of fused-ring (bicyclic) bond motifs is 1. The summed E-state index contributed by atoms with van der Waals surface area (Å²) in [5.41, 5.74) is 2.13. The molecule has 1 atom stereocenters. The maximum absolute atomic E-state index is 12.4. The molecule has 0 fully saturated rings.